The van der Waals surface area contributed by atoms with Gasteiger partial charge in [0.15, 0.2) is 0 Å². The molecule has 1 aliphatic heterocycles. The number of hydrogen-bond acceptors (Lipinski definition) is 3. The maximum atomic E-state index is 4.43. The molecule has 2 heterocycles. The molecular formula is C68H50N4. The molecule has 1 aliphatic carbocycles. The topological polar surface area (TPSA) is 14.7 Å². The minimum atomic E-state index is 0.212. The highest BCUT2D eigenvalue weighted by molar-refractivity contribution is 6.01. The third-order valence-corrected chi connectivity index (χ3v) is 14.4. The summed E-state index contributed by atoms with van der Waals surface area (Å²) in [6.45, 7) is 4.43. The quantitative estimate of drug-likeness (QED) is 0.120. The largest absolute Gasteiger partial charge is 0.333 e. The van der Waals surface area contributed by atoms with Crippen molar-refractivity contribution < 1.29 is 0 Å². The van der Waals surface area contributed by atoms with Gasteiger partial charge in [0.05, 0.1) is 22.9 Å². The minimum Gasteiger partial charge on any atom is -0.333 e. The van der Waals surface area contributed by atoms with E-state index in [0.29, 0.717) is 0 Å². The van der Waals surface area contributed by atoms with Gasteiger partial charge in [-0.25, -0.2) is 0 Å². The molecule has 0 bridgehead atoms. The fourth-order valence-corrected chi connectivity index (χ4v) is 11.1. The molecule has 0 radical (unpaired) electrons. The van der Waals surface area contributed by atoms with E-state index < -0.39 is 0 Å². The van der Waals surface area contributed by atoms with Crippen molar-refractivity contribution in [1.82, 2.24) is 4.57 Å². The Kier molecular flexibility index (Phi) is 10.8. The Morgan fingerprint density at radius 1 is 0.500 bits per heavy atom. The first kappa shape index (κ1) is 42.7. The van der Waals surface area contributed by atoms with Crippen LogP contribution < -0.4 is 14.7 Å². The van der Waals surface area contributed by atoms with Crippen LogP contribution in [0.4, 0.5) is 34.1 Å². The molecule has 1 unspecified atom stereocenters. The molecule has 10 aromatic carbocycles. The van der Waals surface area contributed by atoms with E-state index in [2.05, 4.69) is 293 Å². The molecule has 1 atom stereocenters. The fourth-order valence-electron chi connectivity index (χ4n) is 11.1. The molecule has 0 spiro atoms. The van der Waals surface area contributed by atoms with Crippen molar-refractivity contribution in [2.75, 3.05) is 14.7 Å². The van der Waals surface area contributed by atoms with E-state index in [4.69, 9.17) is 0 Å². The van der Waals surface area contributed by atoms with Gasteiger partial charge >= 0.3 is 0 Å². The van der Waals surface area contributed by atoms with Crippen molar-refractivity contribution in [2.45, 2.75) is 12.5 Å². The van der Waals surface area contributed by atoms with Crippen LogP contribution in [-0.2, 0) is 0 Å². The Bertz CT molecular complexity index is 3910. The Hall–Kier alpha value is -9.38. The lowest BCUT2D eigenvalue weighted by molar-refractivity contribution is 0.820. The number of anilines is 6. The van der Waals surface area contributed by atoms with Crippen LogP contribution >= 0.6 is 0 Å². The predicted octanol–water partition coefficient (Wildman–Crippen LogP) is 18.0. The van der Waals surface area contributed by atoms with Crippen molar-refractivity contribution in [1.29, 1.82) is 0 Å². The summed E-state index contributed by atoms with van der Waals surface area (Å²) in [6.07, 6.45) is 12.2. The van der Waals surface area contributed by atoms with Crippen molar-refractivity contribution in [3.63, 3.8) is 0 Å². The normalized spacial score (nSPS) is 14.2. The molecule has 342 valence electrons. The van der Waals surface area contributed by atoms with E-state index in [1.807, 2.05) is 6.08 Å². The number of para-hydroxylation sites is 4. The van der Waals surface area contributed by atoms with Crippen LogP contribution in [0, 0.1) is 0 Å². The standard InChI is InChI=1S/C68H50N4/c1-2-53(45-52-47-69(54-23-5-3-6-24-54)64-31-15-13-29-61(52)64)70(65-33-17-21-50-19-9-11-27-59(50)65)56-39-35-48(36-40-56)49-37-41-57(42-38-49)71(66-34-18-22-51-20-10-12-28-60(51)66)58-43-44-68-63(46-58)62-30-14-16-32-67(62)72(68)55-25-7-4-8-26-55/h2-43,45-47,68H,1,44H2/b53-45+. The maximum absolute atomic E-state index is 4.43. The summed E-state index contributed by atoms with van der Waals surface area (Å²) in [4.78, 5) is 7.31. The van der Waals surface area contributed by atoms with Crippen LogP contribution in [-0.4, -0.2) is 10.6 Å². The van der Waals surface area contributed by atoms with Crippen LogP contribution in [0.25, 0.3) is 60.9 Å². The van der Waals surface area contributed by atoms with Crippen LogP contribution in [0.3, 0.4) is 0 Å². The number of fused-ring (bicyclic) bond motifs is 6. The third-order valence-electron chi connectivity index (χ3n) is 14.4. The highest BCUT2D eigenvalue weighted by Gasteiger charge is 2.36. The van der Waals surface area contributed by atoms with Gasteiger partial charge < -0.3 is 19.3 Å². The van der Waals surface area contributed by atoms with Crippen LogP contribution in [0.2, 0.25) is 0 Å². The van der Waals surface area contributed by atoms with Crippen molar-refractivity contribution >= 4 is 78.2 Å². The van der Waals surface area contributed by atoms with Crippen molar-refractivity contribution in [3.8, 4) is 16.8 Å². The lowest BCUT2D eigenvalue weighted by atomic mass is 9.93. The van der Waals surface area contributed by atoms with E-state index in [-0.39, 0.29) is 6.04 Å². The minimum absolute atomic E-state index is 0.212. The van der Waals surface area contributed by atoms with Gasteiger partial charge in [0.25, 0.3) is 0 Å². The van der Waals surface area contributed by atoms with Gasteiger partial charge in [-0.05, 0) is 125 Å². The summed E-state index contributed by atoms with van der Waals surface area (Å²) in [6, 6.07) is 87.7. The van der Waals surface area contributed by atoms with Crippen molar-refractivity contribution in [2.24, 2.45) is 0 Å². The molecule has 0 amide bonds. The Labute approximate surface area is 420 Å². The Morgan fingerprint density at radius 2 is 1.06 bits per heavy atom. The smallest absolute Gasteiger partial charge is 0.0634 e. The molecule has 0 saturated carbocycles. The summed E-state index contributed by atoms with van der Waals surface area (Å²) >= 11 is 0. The van der Waals surface area contributed by atoms with E-state index in [0.717, 1.165) is 62.8 Å². The Balaban J connectivity index is 0.878. The molecule has 72 heavy (non-hydrogen) atoms. The molecular weight excluding hydrogens is 873 g/mol. The molecule has 2 aliphatic rings. The zero-order valence-electron chi connectivity index (χ0n) is 39.8. The molecule has 4 heteroatoms. The van der Waals surface area contributed by atoms with E-state index >= 15 is 0 Å². The van der Waals surface area contributed by atoms with Crippen LogP contribution in [0.5, 0.6) is 0 Å². The van der Waals surface area contributed by atoms with E-state index in [9.17, 15) is 0 Å². The van der Waals surface area contributed by atoms with E-state index in [1.165, 1.54) is 55.1 Å². The summed E-state index contributed by atoms with van der Waals surface area (Å²) in [7, 11) is 0. The van der Waals surface area contributed by atoms with Gasteiger partial charge in [-0.2, -0.15) is 0 Å². The lowest BCUT2D eigenvalue weighted by Gasteiger charge is -2.33. The molecule has 13 rings (SSSR count). The Morgan fingerprint density at radius 3 is 1.75 bits per heavy atom. The predicted molar refractivity (Wildman–Crippen MR) is 305 cm³/mol. The third kappa shape index (κ3) is 7.49. The number of hydrogen-bond donors (Lipinski definition) is 0. The van der Waals surface area contributed by atoms with Gasteiger partial charge in [-0.1, -0.05) is 183 Å². The molecule has 4 nitrogen and oxygen atoms in total. The second kappa shape index (κ2) is 18.2. The first-order valence-electron chi connectivity index (χ1n) is 24.8. The highest BCUT2D eigenvalue weighted by Crippen LogP contribution is 2.50. The highest BCUT2D eigenvalue weighted by atomic mass is 15.2. The average molecular weight is 923 g/mol. The summed E-state index contributed by atoms with van der Waals surface area (Å²) in [5, 5.41) is 5.95. The van der Waals surface area contributed by atoms with Crippen LogP contribution in [0.1, 0.15) is 17.5 Å². The number of aromatic nitrogens is 1. The van der Waals surface area contributed by atoms with Gasteiger partial charge in [0.1, 0.15) is 0 Å². The number of rotatable bonds is 11. The monoisotopic (exact) mass is 922 g/mol. The van der Waals surface area contributed by atoms with Gasteiger partial charge in [-0.15, -0.1) is 0 Å². The number of allylic oxidation sites excluding steroid dienone is 2. The van der Waals surface area contributed by atoms with E-state index in [1.54, 1.807) is 0 Å². The molecule has 0 N–H and O–H groups in total. The zero-order valence-corrected chi connectivity index (χ0v) is 39.8. The fraction of sp³-hybridized carbons (Fsp3) is 0.0294. The molecule has 1 aromatic heterocycles. The molecule has 0 fully saturated rings. The van der Waals surface area contributed by atoms with Crippen molar-refractivity contribution in [3.05, 3.63) is 296 Å². The number of benzene rings is 10. The summed E-state index contributed by atoms with van der Waals surface area (Å²) in [5.41, 5.74) is 17.3. The first-order valence-corrected chi connectivity index (χ1v) is 24.8. The lowest BCUT2D eigenvalue weighted by Crippen LogP contribution is -2.29. The second-order valence-electron chi connectivity index (χ2n) is 18.5. The SMILES string of the molecule is C=C/C(=C\c1cn(-c2ccccc2)c2ccccc12)N(c1ccc(-c2ccc(N(C3=CCC4C(=C3)c3ccccc3N4c3ccccc3)c3cccc4ccccc34)cc2)cc1)c1cccc2ccccc12. The maximum Gasteiger partial charge on any atom is 0.0634 e. The van der Waals surface area contributed by atoms with Gasteiger partial charge in [-0.3, -0.25) is 0 Å². The molecule has 0 saturated heterocycles. The van der Waals surface area contributed by atoms with Crippen LogP contribution in [0.15, 0.2) is 285 Å². The van der Waals surface area contributed by atoms with Gasteiger partial charge in [0.2, 0.25) is 0 Å². The first-order chi connectivity index (χ1) is 35.7. The zero-order chi connectivity index (χ0) is 48.0. The average Bonchev–Trinajstić information content (AvgIpc) is 3.99. The molecule has 11 aromatic rings. The second-order valence-corrected chi connectivity index (χ2v) is 18.5. The summed E-state index contributed by atoms with van der Waals surface area (Å²) < 4.78 is 2.28. The van der Waals surface area contributed by atoms with Gasteiger partial charge in [0, 0.05) is 73.3 Å². The summed E-state index contributed by atoms with van der Waals surface area (Å²) in [5.74, 6) is 0. The number of nitrogens with zero attached hydrogens (tertiary/aromatic N) is 4.